The Morgan fingerprint density at radius 1 is 0.929 bits per heavy atom. The third-order valence-electron chi connectivity index (χ3n) is 2.24. The second kappa shape index (κ2) is 3.21. The fourth-order valence-electron chi connectivity index (χ4n) is 1.36. The van der Waals surface area contributed by atoms with Crippen LogP contribution < -0.4 is 0 Å². The molecule has 4 unspecified atom stereocenters. The Kier molecular flexibility index (Phi) is 2.16. The van der Waals surface area contributed by atoms with Gasteiger partial charge in [-0.25, -0.2) is 9.59 Å². The third kappa shape index (κ3) is 1.46. The molecule has 0 radical (unpaired) electrons. The summed E-state index contributed by atoms with van der Waals surface area (Å²) in [5.74, 6) is -0.872. The smallest absolute Gasteiger partial charge is 0.337 e. The Morgan fingerprint density at radius 2 is 1.29 bits per heavy atom. The molecule has 78 valence electrons. The zero-order valence-electron chi connectivity index (χ0n) is 7.76. The lowest BCUT2D eigenvalue weighted by Crippen LogP contribution is -2.18. The van der Waals surface area contributed by atoms with Crippen molar-refractivity contribution in [3.63, 3.8) is 0 Å². The molecule has 0 spiro atoms. The van der Waals surface area contributed by atoms with E-state index in [9.17, 15) is 9.59 Å². The maximum Gasteiger partial charge on any atom is 0.337 e. The van der Waals surface area contributed by atoms with Crippen LogP contribution in [0.2, 0.25) is 0 Å². The predicted molar refractivity (Wildman–Crippen MR) is 41.4 cm³/mol. The van der Waals surface area contributed by atoms with Gasteiger partial charge >= 0.3 is 11.9 Å². The van der Waals surface area contributed by atoms with E-state index in [0.717, 1.165) is 0 Å². The minimum absolute atomic E-state index is 0.355. The minimum Gasteiger partial charge on any atom is -0.467 e. The molecule has 0 saturated carbocycles. The lowest BCUT2D eigenvalue weighted by Gasteiger charge is -1.91. The minimum atomic E-state index is -0.584. The summed E-state index contributed by atoms with van der Waals surface area (Å²) >= 11 is 0. The quantitative estimate of drug-likeness (QED) is 0.425. The van der Waals surface area contributed by atoms with Crippen LogP contribution in [0.15, 0.2) is 0 Å². The SMILES string of the molecule is COC(=O)C1OC1C1OC1C(=O)OC. The van der Waals surface area contributed by atoms with E-state index in [0.29, 0.717) is 0 Å². The molecular weight excluding hydrogens is 192 g/mol. The van der Waals surface area contributed by atoms with Crippen LogP contribution in [0.1, 0.15) is 0 Å². The Hall–Kier alpha value is -1.14. The first-order valence-corrected chi connectivity index (χ1v) is 4.15. The van der Waals surface area contributed by atoms with Crippen molar-refractivity contribution in [3.05, 3.63) is 0 Å². The average molecular weight is 202 g/mol. The van der Waals surface area contributed by atoms with Gasteiger partial charge < -0.3 is 18.9 Å². The van der Waals surface area contributed by atoms with E-state index in [4.69, 9.17) is 9.47 Å². The van der Waals surface area contributed by atoms with E-state index in [-0.39, 0.29) is 12.2 Å². The molecule has 6 heteroatoms. The summed E-state index contributed by atoms with van der Waals surface area (Å²) in [5.41, 5.74) is 0. The maximum atomic E-state index is 10.9. The molecule has 0 aromatic rings. The van der Waals surface area contributed by atoms with Crippen molar-refractivity contribution >= 4 is 11.9 Å². The van der Waals surface area contributed by atoms with Crippen LogP contribution >= 0.6 is 0 Å². The van der Waals surface area contributed by atoms with Crippen molar-refractivity contribution in [1.82, 2.24) is 0 Å². The molecule has 0 aliphatic carbocycles. The molecule has 2 rings (SSSR count). The van der Waals surface area contributed by atoms with Crippen LogP contribution in [-0.4, -0.2) is 50.6 Å². The molecule has 0 bridgehead atoms. The molecule has 0 aromatic heterocycles. The first-order chi connectivity index (χ1) is 6.69. The predicted octanol–water partition coefficient (Wildman–Crippen LogP) is -1.13. The molecular formula is C8H10O6. The van der Waals surface area contributed by atoms with Crippen molar-refractivity contribution < 1.29 is 28.5 Å². The summed E-state index contributed by atoms with van der Waals surface area (Å²) in [4.78, 5) is 21.9. The second-order valence-electron chi connectivity index (χ2n) is 3.09. The number of carbonyl (C=O) groups excluding carboxylic acids is 2. The van der Waals surface area contributed by atoms with Crippen molar-refractivity contribution in [3.8, 4) is 0 Å². The Morgan fingerprint density at radius 3 is 1.57 bits per heavy atom. The van der Waals surface area contributed by atoms with Gasteiger partial charge in [-0.15, -0.1) is 0 Å². The number of rotatable bonds is 3. The van der Waals surface area contributed by atoms with E-state index >= 15 is 0 Å². The van der Waals surface area contributed by atoms with Gasteiger partial charge in [0.2, 0.25) is 0 Å². The summed E-state index contributed by atoms with van der Waals surface area (Å²) in [7, 11) is 2.57. The molecule has 4 atom stereocenters. The van der Waals surface area contributed by atoms with E-state index in [1.165, 1.54) is 14.2 Å². The molecule has 6 nitrogen and oxygen atoms in total. The second-order valence-corrected chi connectivity index (χ2v) is 3.09. The van der Waals surface area contributed by atoms with Gasteiger partial charge in [-0.05, 0) is 0 Å². The van der Waals surface area contributed by atoms with Crippen molar-refractivity contribution in [2.75, 3.05) is 14.2 Å². The Bertz CT molecular complexity index is 247. The van der Waals surface area contributed by atoms with Gasteiger partial charge in [-0.3, -0.25) is 0 Å². The highest BCUT2D eigenvalue weighted by Gasteiger charge is 2.63. The number of ether oxygens (including phenoxy) is 4. The Balaban J connectivity index is 1.80. The zero-order chi connectivity index (χ0) is 10.3. The molecule has 0 N–H and O–H groups in total. The molecule has 14 heavy (non-hydrogen) atoms. The maximum absolute atomic E-state index is 10.9. The monoisotopic (exact) mass is 202 g/mol. The fraction of sp³-hybridized carbons (Fsp3) is 0.750. The van der Waals surface area contributed by atoms with E-state index in [1.807, 2.05) is 0 Å². The van der Waals surface area contributed by atoms with Gasteiger partial charge in [-0.2, -0.15) is 0 Å². The van der Waals surface area contributed by atoms with Crippen LogP contribution in [0.4, 0.5) is 0 Å². The molecule has 2 fully saturated rings. The van der Waals surface area contributed by atoms with Crippen LogP contribution in [0.25, 0.3) is 0 Å². The summed E-state index contributed by atoms with van der Waals surface area (Å²) in [6.07, 6.45) is -1.88. The van der Waals surface area contributed by atoms with E-state index < -0.39 is 24.1 Å². The standard InChI is InChI=1S/C8H10O6/c1-11-7(9)5-3(13-5)4-6(14-4)8(10)12-2/h3-6H,1-2H3. The first-order valence-electron chi connectivity index (χ1n) is 4.15. The highest BCUT2D eigenvalue weighted by Crippen LogP contribution is 2.39. The molecule has 0 aromatic carbocycles. The van der Waals surface area contributed by atoms with Crippen LogP contribution in [0.5, 0.6) is 0 Å². The number of hydrogen-bond acceptors (Lipinski definition) is 6. The molecule has 2 saturated heterocycles. The van der Waals surface area contributed by atoms with Crippen molar-refractivity contribution in [2.24, 2.45) is 0 Å². The third-order valence-corrected chi connectivity index (χ3v) is 2.24. The van der Waals surface area contributed by atoms with Gasteiger partial charge in [0.1, 0.15) is 12.2 Å². The largest absolute Gasteiger partial charge is 0.467 e. The average Bonchev–Trinajstić information content (AvgIpc) is 3.03. The lowest BCUT2D eigenvalue weighted by atomic mass is 10.2. The molecule has 0 amide bonds. The number of epoxide rings is 2. The van der Waals surface area contributed by atoms with Gasteiger partial charge in [0.25, 0.3) is 0 Å². The van der Waals surface area contributed by atoms with E-state index in [2.05, 4.69) is 9.47 Å². The van der Waals surface area contributed by atoms with Crippen LogP contribution in [0, 0.1) is 0 Å². The highest BCUT2D eigenvalue weighted by molar-refractivity contribution is 5.81. The first kappa shape index (κ1) is 9.42. The molecule has 2 aliphatic heterocycles. The van der Waals surface area contributed by atoms with E-state index in [1.54, 1.807) is 0 Å². The van der Waals surface area contributed by atoms with Crippen molar-refractivity contribution in [2.45, 2.75) is 24.4 Å². The van der Waals surface area contributed by atoms with Gasteiger partial charge in [0, 0.05) is 0 Å². The van der Waals surface area contributed by atoms with Gasteiger partial charge in [-0.1, -0.05) is 0 Å². The summed E-state index contributed by atoms with van der Waals surface area (Å²) < 4.78 is 19.0. The molecule has 2 heterocycles. The van der Waals surface area contributed by atoms with Crippen LogP contribution in [-0.2, 0) is 28.5 Å². The number of hydrogen-bond donors (Lipinski definition) is 0. The van der Waals surface area contributed by atoms with Crippen molar-refractivity contribution in [1.29, 1.82) is 0 Å². The van der Waals surface area contributed by atoms with Gasteiger partial charge in [0.15, 0.2) is 12.2 Å². The number of esters is 2. The number of methoxy groups -OCH3 is 2. The summed E-state index contributed by atoms with van der Waals surface area (Å²) in [6.45, 7) is 0. The fourth-order valence-corrected chi connectivity index (χ4v) is 1.36. The lowest BCUT2D eigenvalue weighted by molar-refractivity contribution is -0.142. The zero-order valence-corrected chi connectivity index (χ0v) is 7.76. The summed E-state index contributed by atoms with van der Waals surface area (Å²) in [6, 6.07) is 0. The van der Waals surface area contributed by atoms with Gasteiger partial charge in [0.05, 0.1) is 14.2 Å². The number of carbonyl (C=O) groups is 2. The topological polar surface area (TPSA) is 77.7 Å². The normalized spacial score (nSPS) is 38.7. The molecule has 2 aliphatic rings. The Labute approximate surface area is 80.1 Å². The van der Waals surface area contributed by atoms with Crippen LogP contribution in [0.3, 0.4) is 0 Å². The highest BCUT2D eigenvalue weighted by atomic mass is 16.7. The summed E-state index contributed by atoms with van der Waals surface area (Å²) in [5, 5.41) is 0.